The number of hydrogen-bond acceptors (Lipinski definition) is 5. The molecular formula is C17H35IN6OS. The Labute approximate surface area is 179 Å². The quantitative estimate of drug-likeness (QED) is 0.200. The van der Waals surface area contributed by atoms with Gasteiger partial charge in [0.15, 0.2) is 11.8 Å². The van der Waals surface area contributed by atoms with Gasteiger partial charge in [0.2, 0.25) is 0 Å². The first-order chi connectivity index (χ1) is 12.0. The summed E-state index contributed by atoms with van der Waals surface area (Å²) in [5.41, 5.74) is 0. The summed E-state index contributed by atoms with van der Waals surface area (Å²) in [6.07, 6.45) is 4.33. The predicted octanol–water partition coefficient (Wildman–Crippen LogP) is 2.59. The standard InChI is InChI=1S/C17H34N6OS.HI/c1-14(2)7-10-24-11-9-19-17(18-8-6-12-25-5)20-13-16-22-21-15(3)23(16)4;/h14H,6-13H2,1-5H3,(H2,18,19,20);1H. The maximum atomic E-state index is 5.65. The molecule has 1 aromatic heterocycles. The second-order valence-corrected chi connectivity index (χ2v) is 7.37. The number of nitrogens with zero attached hydrogens (tertiary/aromatic N) is 4. The third-order valence-electron chi connectivity index (χ3n) is 3.76. The van der Waals surface area contributed by atoms with Crippen molar-refractivity contribution >= 4 is 41.7 Å². The molecule has 9 heteroatoms. The first kappa shape index (κ1) is 25.4. The molecule has 0 unspecified atom stereocenters. The lowest BCUT2D eigenvalue weighted by atomic mass is 10.1. The van der Waals surface area contributed by atoms with E-state index in [0.29, 0.717) is 19.1 Å². The largest absolute Gasteiger partial charge is 0.380 e. The molecule has 0 saturated carbocycles. The maximum absolute atomic E-state index is 5.65. The molecule has 0 radical (unpaired) electrons. The van der Waals surface area contributed by atoms with E-state index < -0.39 is 0 Å². The number of thioether (sulfide) groups is 1. The van der Waals surface area contributed by atoms with Gasteiger partial charge in [-0.3, -0.25) is 0 Å². The minimum Gasteiger partial charge on any atom is -0.380 e. The third-order valence-corrected chi connectivity index (χ3v) is 4.45. The number of aromatic nitrogens is 3. The fourth-order valence-electron chi connectivity index (χ4n) is 2.00. The molecule has 0 saturated heterocycles. The van der Waals surface area contributed by atoms with Crippen molar-refractivity contribution in [2.75, 3.05) is 38.3 Å². The van der Waals surface area contributed by atoms with Gasteiger partial charge in [0.05, 0.1) is 6.61 Å². The molecule has 1 aromatic rings. The highest BCUT2D eigenvalue weighted by atomic mass is 127. The highest BCUT2D eigenvalue weighted by Gasteiger charge is 2.05. The molecule has 1 rings (SSSR count). The fourth-order valence-corrected chi connectivity index (χ4v) is 2.43. The molecule has 0 atom stereocenters. The topological polar surface area (TPSA) is 76.4 Å². The van der Waals surface area contributed by atoms with Gasteiger partial charge in [0, 0.05) is 26.7 Å². The second kappa shape index (κ2) is 15.5. The molecule has 7 nitrogen and oxygen atoms in total. The number of rotatable bonds is 12. The van der Waals surface area contributed by atoms with Crippen molar-refractivity contribution < 1.29 is 4.74 Å². The molecule has 0 spiro atoms. The fraction of sp³-hybridized carbons (Fsp3) is 0.824. The Hall–Kier alpha value is -0.550. The predicted molar refractivity (Wildman–Crippen MR) is 122 cm³/mol. The molecular weight excluding hydrogens is 463 g/mol. The smallest absolute Gasteiger partial charge is 0.191 e. The van der Waals surface area contributed by atoms with E-state index >= 15 is 0 Å². The summed E-state index contributed by atoms with van der Waals surface area (Å²) in [5.74, 6) is 4.37. The first-order valence-corrected chi connectivity index (χ1v) is 10.4. The number of halogens is 1. The van der Waals surface area contributed by atoms with E-state index in [2.05, 4.69) is 45.9 Å². The van der Waals surface area contributed by atoms with Gasteiger partial charge < -0.3 is 19.9 Å². The van der Waals surface area contributed by atoms with Crippen molar-refractivity contribution in [1.82, 2.24) is 25.4 Å². The summed E-state index contributed by atoms with van der Waals surface area (Å²) < 4.78 is 7.61. The number of guanidine groups is 1. The van der Waals surface area contributed by atoms with Crippen molar-refractivity contribution in [3.63, 3.8) is 0 Å². The third kappa shape index (κ3) is 11.2. The molecule has 0 amide bonds. The minimum absolute atomic E-state index is 0. The molecule has 0 aliphatic heterocycles. The van der Waals surface area contributed by atoms with Crippen LogP contribution in [0.3, 0.4) is 0 Å². The number of aryl methyl sites for hydroxylation is 1. The van der Waals surface area contributed by atoms with Crippen molar-refractivity contribution in [1.29, 1.82) is 0 Å². The molecule has 0 aromatic carbocycles. The van der Waals surface area contributed by atoms with Crippen LogP contribution in [0.4, 0.5) is 0 Å². The Morgan fingerprint density at radius 3 is 2.58 bits per heavy atom. The van der Waals surface area contributed by atoms with Gasteiger partial charge in [-0.05, 0) is 37.7 Å². The Morgan fingerprint density at radius 1 is 1.23 bits per heavy atom. The van der Waals surface area contributed by atoms with Crippen LogP contribution < -0.4 is 10.6 Å². The summed E-state index contributed by atoms with van der Waals surface area (Å²) in [5, 5.41) is 14.9. The van der Waals surface area contributed by atoms with E-state index in [1.807, 2.05) is 30.3 Å². The molecule has 1 heterocycles. The molecule has 0 aliphatic rings. The Balaban J connectivity index is 0.00000625. The minimum atomic E-state index is 0. The Morgan fingerprint density at radius 2 is 1.96 bits per heavy atom. The number of nitrogens with one attached hydrogen (secondary N) is 2. The summed E-state index contributed by atoms with van der Waals surface area (Å²) >= 11 is 1.86. The van der Waals surface area contributed by atoms with Crippen LogP contribution in [0.5, 0.6) is 0 Å². The molecule has 0 fully saturated rings. The monoisotopic (exact) mass is 498 g/mol. The van der Waals surface area contributed by atoms with E-state index in [4.69, 9.17) is 4.74 Å². The van der Waals surface area contributed by atoms with Gasteiger partial charge in [-0.25, -0.2) is 4.99 Å². The van der Waals surface area contributed by atoms with Gasteiger partial charge >= 0.3 is 0 Å². The summed E-state index contributed by atoms with van der Waals surface area (Å²) in [6, 6.07) is 0. The van der Waals surface area contributed by atoms with Crippen molar-refractivity contribution in [2.45, 2.75) is 40.2 Å². The first-order valence-electron chi connectivity index (χ1n) is 8.98. The lowest BCUT2D eigenvalue weighted by Gasteiger charge is -2.13. The van der Waals surface area contributed by atoms with E-state index in [-0.39, 0.29) is 24.0 Å². The lowest BCUT2D eigenvalue weighted by Crippen LogP contribution is -2.39. The summed E-state index contributed by atoms with van der Waals surface area (Å²) in [6.45, 7) is 9.99. The average Bonchev–Trinajstić information content (AvgIpc) is 2.90. The van der Waals surface area contributed by atoms with Crippen LogP contribution >= 0.6 is 35.7 Å². The van der Waals surface area contributed by atoms with E-state index in [9.17, 15) is 0 Å². The van der Waals surface area contributed by atoms with Gasteiger partial charge in [-0.2, -0.15) is 11.8 Å². The highest BCUT2D eigenvalue weighted by Crippen LogP contribution is 2.00. The average molecular weight is 498 g/mol. The van der Waals surface area contributed by atoms with Crippen molar-refractivity contribution in [3.8, 4) is 0 Å². The van der Waals surface area contributed by atoms with Gasteiger partial charge in [-0.15, -0.1) is 34.2 Å². The SMILES string of the molecule is CSCCCNC(=NCc1nnc(C)n1C)NCCOCCC(C)C.I. The Kier molecular flexibility index (Phi) is 15.2. The zero-order valence-electron chi connectivity index (χ0n) is 16.7. The van der Waals surface area contributed by atoms with Crippen molar-refractivity contribution in [3.05, 3.63) is 11.6 Å². The van der Waals surface area contributed by atoms with Crippen LogP contribution in [0.1, 0.15) is 38.3 Å². The molecule has 0 bridgehead atoms. The molecule has 152 valence electrons. The van der Waals surface area contributed by atoms with E-state index in [1.165, 1.54) is 0 Å². The van der Waals surface area contributed by atoms with Crippen LogP contribution in [0.2, 0.25) is 0 Å². The summed E-state index contributed by atoms with van der Waals surface area (Å²) in [7, 11) is 1.96. The van der Waals surface area contributed by atoms with Crippen LogP contribution in [0.25, 0.3) is 0 Å². The zero-order chi connectivity index (χ0) is 18.5. The second-order valence-electron chi connectivity index (χ2n) is 6.38. The normalized spacial score (nSPS) is 11.5. The van der Waals surface area contributed by atoms with E-state index in [0.717, 1.165) is 55.9 Å². The highest BCUT2D eigenvalue weighted by molar-refractivity contribution is 14.0. The van der Waals surface area contributed by atoms with Gasteiger partial charge in [0.1, 0.15) is 12.4 Å². The van der Waals surface area contributed by atoms with Crippen LogP contribution in [-0.4, -0.2) is 59.0 Å². The molecule has 2 N–H and O–H groups in total. The number of aliphatic imine (C=N–C) groups is 1. The van der Waals surface area contributed by atoms with E-state index in [1.54, 1.807) is 0 Å². The van der Waals surface area contributed by atoms with Gasteiger partial charge in [-0.1, -0.05) is 13.8 Å². The summed E-state index contributed by atoms with van der Waals surface area (Å²) in [4.78, 5) is 4.62. The van der Waals surface area contributed by atoms with Crippen LogP contribution in [-0.2, 0) is 18.3 Å². The lowest BCUT2D eigenvalue weighted by molar-refractivity contribution is 0.128. The zero-order valence-corrected chi connectivity index (χ0v) is 19.9. The molecule has 26 heavy (non-hydrogen) atoms. The number of ether oxygens (including phenoxy) is 1. The van der Waals surface area contributed by atoms with Gasteiger partial charge in [0.25, 0.3) is 0 Å². The van der Waals surface area contributed by atoms with Crippen LogP contribution in [0, 0.1) is 12.8 Å². The number of hydrogen-bond donors (Lipinski definition) is 2. The van der Waals surface area contributed by atoms with Crippen molar-refractivity contribution in [2.24, 2.45) is 18.0 Å². The Bertz CT molecular complexity index is 509. The van der Waals surface area contributed by atoms with Crippen LogP contribution in [0.15, 0.2) is 4.99 Å². The maximum Gasteiger partial charge on any atom is 0.191 e. The molecule has 0 aliphatic carbocycles.